The second-order valence-electron chi connectivity index (χ2n) is 6.48. The largest absolute Gasteiger partial charge is 0.481 e. The van der Waals surface area contributed by atoms with E-state index in [0.717, 1.165) is 44.1 Å². The van der Waals surface area contributed by atoms with Crippen LogP contribution in [0.3, 0.4) is 0 Å². The summed E-state index contributed by atoms with van der Waals surface area (Å²) in [5, 5.41) is 0. The Morgan fingerprint density at radius 1 is 1.23 bits per heavy atom. The van der Waals surface area contributed by atoms with Crippen molar-refractivity contribution in [2.75, 3.05) is 25.1 Å². The zero-order valence-electron chi connectivity index (χ0n) is 14.8. The fourth-order valence-corrected chi connectivity index (χ4v) is 3.51. The number of hydrogen-bond donors (Lipinski definition) is 0. The number of nitrogens with zero attached hydrogens (tertiary/aromatic N) is 6. The van der Waals surface area contributed by atoms with E-state index in [0.29, 0.717) is 11.8 Å². The smallest absolute Gasteiger partial charge is 0.218 e. The molecule has 1 aliphatic rings. The highest BCUT2D eigenvalue weighted by molar-refractivity contribution is 5.42. The van der Waals surface area contributed by atoms with Gasteiger partial charge in [-0.1, -0.05) is 6.07 Å². The lowest BCUT2D eigenvalue weighted by Crippen LogP contribution is -2.36. The SMILES string of the molecule is COc1cc(N2CCC[C@H](c3nccn3Cc3cccnc3)C2)ncn1. The summed E-state index contributed by atoms with van der Waals surface area (Å²) in [4.78, 5) is 19.7. The fraction of sp³-hybridized carbons (Fsp3) is 0.368. The molecule has 3 aromatic heterocycles. The molecule has 7 nitrogen and oxygen atoms in total. The van der Waals surface area contributed by atoms with Gasteiger partial charge in [0.15, 0.2) is 0 Å². The number of piperidine rings is 1. The van der Waals surface area contributed by atoms with Gasteiger partial charge in [0.05, 0.1) is 13.7 Å². The van der Waals surface area contributed by atoms with Crippen LogP contribution >= 0.6 is 0 Å². The fourth-order valence-electron chi connectivity index (χ4n) is 3.51. The first-order valence-corrected chi connectivity index (χ1v) is 8.84. The minimum Gasteiger partial charge on any atom is -0.481 e. The van der Waals surface area contributed by atoms with Crippen molar-refractivity contribution in [1.29, 1.82) is 0 Å². The van der Waals surface area contributed by atoms with Crippen LogP contribution in [0.25, 0.3) is 0 Å². The number of rotatable bonds is 5. The van der Waals surface area contributed by atoms with Crippen LogP contribution in [-0.2, 0) is 6.54 Å². The lowest BCUT2D eigenvalue weighted by Gasteiger charge is -2.33. The molecule has 26 heavy (non-hydrogen) atoms. The van der Waals surface area contributed by atoms with Gasteiger partial charge >= 0.3 is 0 Å². The molecule has 0 saturated carbocycles. The maximum atomic E-state index is 5.23. The summed E-state index contributed by atoms with van der Waals surface area (Å²) in [5.74, 6) is 3.00. The van der Waals surface area contributed by atoms with E-state index < -0.39 is 0 Å². The van der Waals surface area contributed by atoms with Gasteiger partial charge < -0.3 is 14.2 Å². The van der Waals surface area contributed by atoms with Crippen LogP contribution in [0.2, 0.25) is 0 Å². The number of hydrogen-bond acceptors (Lipinski definition) is 6. The highest BCUT2D eigenvalue weighted by Gasteiger charge is 2.25. The van der Waals surface area contributed by atoms with E-state index in [4.69, 9.17) is 4.74 Å². The Bertz CT molecular complexity index is 850. The highest BCUT2D eigenvalue weighted by Crippen LogP contribution is 2.29. The zero-order chi connectivity index (χ0) is 17.8. The first-order valence-electron chi connectivity index (χ1n) is 8.84. The Hall–Kier alpha value is -2.96. The quantitative estimate of drug-likeness (QED) is 0.704. The minimum atomic E-state index is 0.372. The summed E-state index contributed by atoms with van der Waals surface area (Å²) >= 11 is 0. The van der Waals surface area contributed by atoms with Crippen LogP contribution in [0.5, 0.6) is 5.88 Å². The molecule has 134 valence electrons. The average Bonchev–Trinajstić information content (AvgIpc) is 3.17. The molecule has 0 N–H and O–H groups in total. The summed E-state index contributed by atoms with van der Waals surface area (Å²) < 4.78 is 7.46. The molecule has 1 saturated heterocycles. The van der Waals surface area contributed by atoms with E-state index in [1.54, 1.807) is 19.6 Å². The molecule has 0 unspecified atom stereocenters. The van der Waals surface area contributed by atoms with Gasteiger partial charge in [0.1, 0.15) is 18.0 Å². The standard InChI is InChI=1S/C19H22N6O/c1-26-18-10-17(22-14-23-18)24-8-3-5-16(13-24)19-21-7-9-25(19)12-15-4-2-6-20-11-15/h2,4,6-7,9-11,14,16H,3,5,8,12-13H2,1H3/t16-/m0/s1. The number of methoxy groups -OCH3 is 1. The summed E-state index contributed by atoms with van der Waals surface area (Å²) in [6, 6.07) is 5.96. The van der Waals surface area contributed by atoms with Crippen LogP contribution in [-0.4, -0.2) is 44.7 Å². The number of pyridine rings is 1. The van der Waals surface area contributed by atoms with Gasteiger partial charge in [-0.2, -0.15) is 0 Å². The third kappa shape index (κ3) is 3.51. The summed E-state index contributed by atoms with van der Waals surface area (Å²) in [7, 11) is 1.63. The normalized spacial score (nSPS) is 17.3. The third-order valence-corrected chi connectivity index (χ3v) is 4.77. The summed E-state index contributed by atoms with van der Waals surface area (Å²) in [6.45, 7) is 2.67. The topological polar surface area (TPSA) is 69.0 Å². The number of ether oxygens (including phenoxy) is 1. The Kier molecular flexibility index (Phi) is 4.77. The van der Waals surface area contributed by atoms with Gasteiger partial charge in [-0.3, -0.25) is 4.98 Å². The van der Waals surface area contributed by atoms with Crippen molar-refractivity contribution in [3.8, 4) is 5.88 Å². The molecule has 0 amide bonds. The predicted octanol–water partition coefficient (Wildman–Crippen LogP) is 2.51. The molecule has 1 fully saturated rings. The Labute approximate surface area is 152 Å². The molecule has 0 aliphatic carbocycles. The maximum Gasteiger partial charge on any atom is 0.218 e. The van der Waals surface area contributed by atoms with Crippen LogP contribution in [0, 0.1) is 0 Å². The molecule has 3 aromatic rings. The van der Waals surface area contributed by atoms with Gasteiger partial charge in [0.2, 0.25) is 5.88 Å². The van der Waals surface area contributed by atoms with E-state index >= 15 is 0 Å². The van der Waals surface area contributed by atoms with Crippen LogP contribution in [0.15, 0.2) is 49.3 Å². The molecule has 1 aliphatic heterocycles. The maximum absolute atomic E-state index is 5.23. The third-order valence-electron chi connectivity index (χ3n) is 4.77. The van der Waals surface area contributed by atoms with E-state index in [9.17, 15) is 0 Å². The van der Waals surface area contributed by atoms with Gasteiger partial charge in [-0.05, 0) is 24.5 Å². The molecule has 0 bridgehead atoms. The van der Waals surface area contributed by atoms with Crippen molar-refractivity contribution in [2.24, 2.45) is 0 Å². The van der Waals surface area contributed by atoms with Crippen molar-refractivity contribution in [2.45, 2.75) is 25.3 Å². The molecular weight excluding hydrogens is 328 g/mol. The molecular formula is C19H22N6O. The van der Waals surface area contributed by atoms with E-state index in [1.807, 2.05) is 24.5 Å². The Morgan fingerprint density at radius 2 is 2.19 bits per heavy atom. The predicted molar refractivity (Wildman–Crippen MR) is 98.3 cm³/mol. The lowest BCUT2D eigenvalue weighted by atomic mass is 9.97. The summed E-state index contributed by atoms with van der Waals surface area (Å²) in [6.07, 6.45) is 11.4. The molecule has 0 spiro atoms. The van der Waals surface area contributed by atoms with Crippen molar-refractivity contribution >= 4 is 5.82 Å². The zero-order valence-corrected chi connectivity index (χ0v) is 14.8. The minimum absolute atomic E-state index is 0.372. The molecule has 4 heterocycles. The van der Waals surface area contributed by atoms with Gasteiger partial charge in [-0.15, -0.1) is 0 Å². The van der Waals surface area contributed by atoms with Crippen molar-refractivity contribution in [3.05, 3.63) is 60.7 Å². The monoisotopic (exact) mass is 350 g/mol. The van der Waals surface area contributed by atoms with E-state index in [-0.39, 0.29) is 0 Å². The van der Waals surface area contributed by atoms with Crippen LogP contribution in [0.1, 0.15) is 30.1 Å². The Balaban J connectivity index is 1.52. The lowest BCUT2D eigenvalue weighted by molar-refractivity contribution is 0.396. The molecule has 0 radical (unpaired) electrons. The first-order chi connectivity index (χ1) is 12.8. The highest BCUT2D eigenvalue weighted by atomic mass is 16.5. The van der Waals surface area contributed by atoms with Gasteiger partial charge in [-0.25, -0.2) is 15.0 Å². The van der Waals surface area contributed by atoms with Gasteiger partial charge in [0, 0.05) is 49.9 Å². The second-order valence-corrected chi connectivity index (χ2v) is 6.48. The van der Waals surface area contributed by atoms with E-state index in [2.05, 4.69) is 41.7 Å². The van der Waals surface area contributed by atoms with Crippen molar-refractivity contribution < 1.29 is 4.74 Å². The number of anilines is 1. The van der Waals surface area contributed by atoms with Crippen molar-refractivity contribution in [1.82, 2.24) is 24.5 Å². The average molecular weight is 350 g/mol. The van der Waals surface area contributed by atoms with E-state index in [1.165, 1.54) is 5.56 Å². The van der Waals surface area contributed by atoms with Crippen LogP contribution < -0.4 is 9.64 Å². The Morgan fingerprint density at radius 3 is 3.04 bits per heavy atom. The number of aromatic nitrogens is 5. The van der Waals surface area contributed by atoms with Crippen molar-refractivity contribution in [3.63, 3.8) is 0 Å². The van der Waals surface area contributed by atoms with Crippen LogP contribution in [0.4, 0.5) is 5.82 Å². The molecule has 0 aromatic carbocycles. The second kappa shape index (κ2) is 7.51. The summed E-state index contributed by atoms with van der Waals surface area (Å²) in [5.41, 5.74) is 1.18. The molecule has 4 rings (SSSR count). The molecule has 1 atom stereocenters. The molecule has 7 heteroatoms. The number of imidazole rings is 1. The first kappa shape index (κ1) is 16.5. The van der Waals surface area contributed by atoms with Gasteiger partial charge in [0.25, 0.3) is 0 Å².